The van der Waals surface area contributed by atoms with Crippen LogP contribution in [0.2, 0.25) is 0 Å². The third kappa shape index (κ3) is 2.36. The minimum absolute atomic E-state index is 0.548. The lowest BCUT2D eigenvalue weighted by Gasteiger charge is -2.29. The summed E-state index contributed by atoms with van der Waals surface area (Å²) < 4.78 is 0. The van der Waals surface area contributed by atoms with Crippen molar-refractivity contribution < 1.29 is 0 Å². The Bertz CT molecular complexity index is 370. The summed E-state index contributed by atoms with van der Waals surface area (Å²) in [4.78, 5) is 9.10. The van der Waals surface area contributed by atoms with Crippen LogP contribution in [0.4, 0.5) is 0 Å². The molecule has 0 amide bonds. The maximum absolute atomic E-state index is 5.79. The maximum Gasteiger partial charge on any atom is 0.0793 e. The molecule has 1 atom stereocenters. The average molecular weight is 234 g/mol. The van der Waals surface area contributed by atoms with E-state index in [1.54, 1.807) is 6.20 Å². The summed E-state index contributed by atoms with van der Waals surface area (Å²) in [5.74, 6) is 0.548. The zero-order chi connectivity index (χ0) is 12.4. The second-order valence-corrected chi connectivity index (χ2v) is 4.95. The van der Waals surface area contributed by atoms with Crippen molar-refractivity contribution in [3.63, 3.8) is 0 Å². The van der Waals surface area contributed by atoms with Gasteiger partial charge in [0.1, 0.15) is 0 Å². The van der Waals surface area contributed by atoms with Gasteiger partial charge in [0.05, 0.1) is 18.0 Å². The molecule has 0 spiro atoms. The van der Waals surface area contributed by atoms with Gasteiger partial charge in [-0.1, -0.05) is 13.5 Å². The summed E-state index contributed by atoms with van der Waals surface area (Å²) in [6.45, 7) is 10.1. The Balaban J connectivity index is 2.18. The lowest BCUT2D eigenvalue weighted by Crippen LogP contribution is -2.37. The molecule has 17 heavy (non-hydrogen) atoms. The number of hydrogen-bond donors (Lipinski definition) is 1. The molecule has 0 bridgehead atoms. The summed E-state index contributed by atoms with van der Waals surface area (Å²) in [6, 6.07) is 0. The zero-order valence-corrected chi connectivity index (χ0v) is 10.8. The molecule has 2 rings (SSSR count). The van der Waals surface area contributed by atoms with Crippen molar-refractivity contribution in [3.8, 4) is 0 Å². The van der Waals surface area contributed by atoms with Crippen LogP contribution >= 0.6 is 0 Å². The lowest BCUT2D eigenvalue weighted by molar-refractivity contribution is 0.373. The molecule has 0 aromatic heterocycles. The normalized spacial score (nSPS) is 27.5. The highest BCUT2D eigenvalue weighted by Crippen LogP contribution is 2.30. The third-order valence-corrected chi connectivity index (χ3v) is 3.65. The number of nitrogens with two attached hydrogens (primary N) is 1. The minimum Gasteiger partial charge on any atom is -0.403 e. The minimum atomic E-state index is 0.548. The molecule has 2 heterocycles. The largest absolute Gasteiger partial charge is 0.403 e. The molecule has 0 aromatic rings. The van der Waals surface area contributed by atoms with Gasteiger partial charge >= 0.3 is 0 Å². The van der Waals surface area contributed by atoms with Crippen molar-refractivity contribution in [2.75, 3.05) is 33.2 Å². The average Bonchev–Trinajstić information content (AvgIpc) is 2.63. The van der Waals surface area contributed by atoms with E-state index in [-0.39, 0.29) is 0 Å². The lowest BCUT2D eigenvalue weighted by atomic mass is 10.1. The van der Waals surface area contributed by atoms with Crippen molar-refractivity contribution >= 4 is 5.71 Å². The number of nitrogens with zero attached hydrogens (tertiary/aromatic N) is 3. The number of rotatable bonds is 2. The van der Waals surface area contributed by atoms with E-state index in [0.717, 1.165) is 49.7 Å². The van der Waals surface area contributed by atoms with E-state index in [9.17, 15) is 0 Å². The van der Waals surface area contributed by atoms with Gasteiger partial charge in [-0.05, 0) is 19.4 Å². The predicted octanol–water partition coefficient (Wildman–Crippen LogP) is 1.03. The van der Waals surface area contributed by atoms with Crippen molar-refractivity contribution in [3.05, 3.63) is 24.2 Å². The fourth-order valence-electron chi connectivity index (χ4n) is 2.42. The molecule has 4 heteroatoms. The molecule has 1 unspecified atom stereocenters. The van der Waals surface area contributed by atoms with E-state index < -0.39 is 0 Å². The molecule has 0 aliphatic carbocycles. The fourth-order valence-corrected chi connectivity index (χ4v) is 2.42. The van der Waals surface area contributed by atoms with Crippen LogP contribution in [-0.4, -0.2) is 48.7 Å². The molecule has 0 aromatic carbocycles. The van der Waals surface area contributed by atoms with Gasteiger partial charge < -0.3 is 10.6 Å². The van der Waals surface area contributed by atoms with Gasteiger partial charge in [0, 0.05) is 31.5 Å². The summed E-state index contributed by atoms with van der Waals surface area (Å²) in [7, 11) is 2.12. The van der Waals surface area contributed by atoms with E-state index in [4.69, 9.17) is 5.73 Å². The first kappa shape index (κ1) is 12.2. The Morgan fingerprint density at radius 3 is 2.82 bits per heavy atom. The highest BCUT2D eigenvalue weighted by Gasteiger charge is 2.28. The Kier molecular flexibility index (Phi) is 3.52. The van der Waals surface area contributed by atoms with E-state index in [1.165, 1.54) is 0 Å². The van der Waals surface area contributed by atoms with E-state index >= 15 is 0 Å². The van der Waals surface area contributed by atoms with E-state index in [2.05, 4.69) is 35.3 Å². The smallest absolute Gasteiger partial charge is 0.0793 e. The van der Waals surface area contributed by atoms with Crippen LogP contribution < -0.4 is 5.73 Å². The van der Waals surface area contributed by atoms with Crippen LogP contribution in [-0.2, 0) is 0 Å². The highest BCUT2D eigenvalue weighted by molar-refractivity contribution is 6.01. The zero-order valence-electron chi connectivity index (χ0n) is 10.8. The number of likely N-dealkylation sites (tertiary alicyclic amines) is 1. The standard InChI is InChI=1S/C13H22N4/c1-10-4-6-17(11(10)2)13(8-14)12-9-16(3)7-5-15-12/h8,10H,2,4-7,9,14H2,1,3H3. The maximum atomic E-state index is 5.79. The Hall–Kier alpha value is -1.29. The van der Waals surface area contributed by atoms with Gasteiger partial charge in [-0.15, -0.1) is 0 Å². The van der Waals surface area contributed by atoms with Gasteiger partial charge in [0.25, 0.3) is 0 Å². The summed E-state index contributed by atoms with van der Waals surface area (Å²) in [5, 5.41) is 0. The number of aliphatic imine (C=N–C) groups is 1. The third-order valence-electron chi connectivity index (χ3n) is 3.65. The van der Waals surface area contributed by atoms with E-state index in [1.807, 2.05) is 0 Å². The summed E-state index contributed by atoms with van der Waals surface area (Å²) in [6.07, 6.45) is 2.83. The summed E-state index contributed by atoms with van der Waals surface area (Å²) in [5.41, 5.74) is 9.10. The molecular weight excluding hydrogens is 212 g/mol. The van der Waals surface area contributed by atoms with Crippen LogP contribution in [0.15, 0.2) is 29.2 Å². The van der Waals surface area contributed by atoms with Crippen molar-refractivity contribution in [1.82, 2.24) is 9.80 Å². The second-order valence-electron chi connectivity index (χ2n) is 4.95. The van der Waals surface area contributed by atoms with Gasteiger partial charge in [0.2, 0.25) is 0 Å². The highest BCUT2D eigenvalue weighted by atomic mass is 15.2. The monoisotopic (exact) mass is 234 g/mol. The van der Waals surface area contributed by atoms with Crippen molar-refractivity contribution in [1.29, 1.82) is 0 Å². The predicted molar refractivity (Wildman–Crippen MR) is 71.7 cm³/mol. The van der Waals surface area contributed by atoms with Gasteiger partial charge in [0.15, 0.2) is 0 Å². The van der Waals surface area contributed by atoms with Crippen LogP contribution in [0.1, 0.15) is 13.3 Å². The Morgan fingerprint density at radius 1 is 1.53 bits per heavy atom. The molecule has 4 nitrogen and oxygen atoms in total. The molecule has 2 aliphatic heterocycles. The molecular formula is C13H22N4. The van der Waals surface area contributed by atoms with Gasteiger partial charge in [-0.2, -0.15) is 0 Å². The summed E-state index contributed by atoms with van der Waals surface area (Å²) >= 11 is 0. The topological polar surface area (TPSA) is 44.9 Å². The number of hydrogen-bond acceptors (Lipinski definition) is 4. The Labute approximate surface area is 103 Å². The molecule has 94 valence electrons. The van der Waals surface area contributed by atoms with Crippen LogP contribution in [0.25, 0.3) is 0 Å². The van der Waals surface area contributed by atoms with E-state index in [0.29, 0.717) is 5.92 Å². The van der Waals surface area contributed by atoms with Crippen LogP contribution in [0.3, 0.4) is 0 Å². The fraction of sp³-hybridized carbons (Fsp3) is 0.615. The number of allylic oxidation sites excluding steroid dienone is 1. The SMILES string of the molecule is C=C1C(C)CCN1C(=CN)C1=NCCN(C)C1. The Morgan fingerprint density at radius 2 is 2.29 bits per heavy atom. The molecule has 0 radical (unpaired) electrons. The molecule has 1 fully saturated rings. The molecule has 0 saturated carbocycles. The molecule has 2 N–H and O–H groups in total. The van der Waals surface area contributed by atoms with Gasteiger partial charge in [-0.3, -0.25) is 9.89 Å². The van der Waals surface area contributed by atoms with Gasteiger partial charge in [-0.25, -0.2) is 0 Å². The first-order chi connectivity index (χ1) is 8.13. The first-order valence-electron chi connectivity index (χ1n) is 6.24. The van der Waals surface area contributed by atoms with Crippen molar-refractivity contribution in [2.24, 2.45) is 16.6 Å². The second kappa shape index (κ2) is 4.92. The molecule has 1 saturated heterocycles. The number of likely N-dealkylation sites (N-methyl/N-ethyl adjacent to an activating group) is 1. The molecule has 2 aliphatic rings. The first-order valence-corrected chi connectivity index (χ1v) is 6.24. The quantitative estimate of drug-likeness (QED) is 0.776. The van der Waals surface area contributed by atoms with Crippen LogP contribution in [0, 0.1) is 5.92 Å². The van der Waals surface area contributed by atoms with Crippen LogP contribution in [0.5, 0.6) is 0 Å². The van der Waals surface area contributed by atoms with Crippen molar-refractivity contribution in [2.45, 2.75) is 13.3 Å².